The van der Waals surface area contributed by atoms with E-state index in [1.54, 1.807) is 21.7 Å². The van der Waals surface area contributed by atoms with E-state index in [-0.39, 0.29) is 17.4 Å². The van der Waals surface area contributed by atoms with Crippen molar-refractivity contribution in [2.45, 2.75) is 45.6 Å². The van der Waals surface area contributed by atoms with Gasteiger partial charge in [0, 0.05) is 50.6 Å². The zero-order valence-corrected chi connectivity index (χ0v) is 15.4. The molecule has 1 aliphatic carbocycles. The number of amides is 2. The molecule has 3 fully saturated rings. The van der Waals surface area contributed by atoms with E-state index in [2.05, 4.69) is 0 Å². The number of pyridine rings is 1. The second kappa shape index (κ2) is 6.56. The minimum atomic E-state index is -0.402. The molecule has 0 N–H and O–H groups in total. The molecular weight excluding hydrogens is 330 g/mol. The van der Waals surface area contributed by atoms with E-state index < -0.39 is 5.41 Å². The van der Waals surface area contributed by atoms with Gasteiger partial charge in [-0.15, -0.1) is 0 Å². The maximum atomic E-state index is 13.1. The smallest absolute Gasteiger partial charge is 0.254 e. The van der Waals surface area contributed by atoms with Gasteiger partial charge in [0.05, 0.1) is 5.41 Å². The molecule has 1 aromatic heterocycles. The Morgan fingerprint density at radius 3 is 2.73 bits per heavy atom. The van der Waals surface area contributed by atoms with Gasteiger partial charge in [-0.05, 0) is 51.0 Å². The average Bonchev–Trinajstić information content (AvgIpc) is 3.36. The molecule has 6 heteroatoms. The summed E-state index contributed by atoms with van der Waals surface area (Å²) >= 11 is 0. The monoisotopic (exact) mass is 357 g/mol. The summed E-state index contributed by atoms with van der Waals surface area (Å²) in [5.74, 6) is 0.806. The summed E-state index contributed by atoms with van der Waals surface area (Å²) < 4.78 is 1.57. The van der Waals surface area contributed by atoms with Gasteiger partial charge in [0.2, 0.25) is 5.91 Å². The number of carbonyl (C=O) groups excluding carboxylic acids is 2. The summed E-state index contributed by atoms with van der Waals surface area (Å²) in [4.78, 5) is 41.8. The molecule has 0 radical (unpaired) electrons. The second-order valence-electron chi connectivity index (χ2n) is 8.09. The van der Waals surface area contributed by atoms with Crippen LogP contribution in [0.25, 0.3) is 0 Å². The Labute approximate surface area is 153 Å². The van der Waals surface area contributed by atoms with Crippen molar-refractivity contribution < 1.29 is 9.59 Å². The van der Waals surface area contributed by atoms with Crippen LogP contribution in [0, 0.1) is 11.3 Å². The van der Waals surface area contributed by atoms with Gasteiger partial charge in [0.1, 0.15) is 0 Å². The van der Waals surface area contributed by atoms with Crippen LogP contribution in [0.1, 0.15) is 49.4 Å². The van der Waals surface area contributed by atoms with E-state index in [1.807, 2.05) is 11.8 Å². The number of rotatable bonds is 4. The number of aryl methyl sites for hydroxylation is 1. The highest BCUT2D eigenvalue weighted by molar-refractivity contribution is 5.95. The van der Waals surface area contributed by atoms with Crippen molar-refractivity contribution in [1.82, 2.24) is 14.4 Å². The molecule has 1 spiro atoms. The summed E-state index contributed by atoms with van der Waals surface area (Å²) in [5, 5.41) is 0. The lowest BCUT2D eigenvalue weighted by Crippen LogP contribution is -2.51. The summed E-state index contributed by atoms with van der Waals surface area (Å²) in [5.41, 5.74) is -0.132. The van der Waals surface area contributed by atoms with Gasteiger partial charge in [-0.3, -0.25) is 14.4 Å². The first-order valence-corrected chi connectivity index (χ1v) is 9.81. The summed E-state index contributed by atoms with van der Waals surface area (Å²) in [6.07, 6.45) is 6.78. The molecule has 2 amide bonds. The molecule has 6 nitrogen and oxygen atoms in total. The number of carbonyl (C=O) groups is 2. The van der Waals surface area contributed by atoms with Crippen molar-refractivity contribution in [3.63, 3.8) is 0 Å². The molecule has 1 aromatic rings. The van der Waals surface area contributed by atoms with Gasteiger partial charge < -0.3 is 14.4 Å². The van der Waals surface area contributed by atoms with Crippen LogP contribution >= 0.6 is 0 Å². The van der Waals surface area contributed by atoms with Crippen LogP contribution in [0.5, 0.6) is 0 Å². The minimum Gasteiger partial charge on any atom is -0.342 e. The van der Waals surface area contributed by atoms with Crippen LogP contribution < -0.4 is 5.56 Å². The Morgan fingerprint density at radius 2 is 2.04 bits per heavy atom. The third-order valence-electron chi connectivity index (χ3n) is 6.22. The topological polar surface area (TPSA) is 62.6 Å². The van der Waals surface area contributed by atoms with E-state index in [0.717, 1.165) is 32.4 Å². The lowest BCUT2D eigenvalue weighted by molar-refractivity contribution is -0.145. The Morgan fingerprint density at radius 1 is 1.23 bits per heavy atom. The fourth-order valence-electron chi connectivity index (χ4n) is 4.45. The van der Waals surface area contributed by atoms with Gasteiger partial charge in [0.15, 0.2) is 0 Å². The minimum absolute atomic E-state index is 0.130. The zero-order chi connectivity index (χ0) is 18.3. The molecule has 3 heterocycles. The fourth-order valence-corrected chi connectivity index (χ4v) is 4.45. The quantitative estimate of drug-likeness (QED) is 0.824. The van der Waals surface area contributed by atoms with Crippen LogP contribution in [0.3, 0.4) is 0 Å². The summed E-state index contributed by atoms with van der Waals surface area (Å²) in [7, 11) is 0. The molecule has 140 valence electrons. The number of likely N-dealkylation sites (tertiary alicyclic amines) is 2. The predicted octanol–water partition coefficient (Wildman–Crippen LogP) is 1.73. The molecular formula is C20H27N3O3. The number of piperidine rings is 1. The first kappa shape index (κ1) is 17.3. The summed E-state index contributed by atoms with van der Waals surface area (Å²) in [6.45, 7) is 5.33. The SMILES string of the molecule is CCn1ccc(C(=O)N2CCC3(CCCN(CC4CC4)C3=O)C2)cc1=O. The molecule has 3 aliphatic rings. The van der Waals surface area contributed by atoms with Gasteiger partial charge in [0.25, 0.3) is 11.5 Å². The van der Waals surface area contributed by atoms with Gasteiger partial charge >= 0.3 is 0 Å². The summed E-state index contributed by atoms with van der Waals surface area (Å²) in [6, 6.07) is 3.12. The first-order chi connectivity index (χ1) is 12.5. The van der Waals surface area contributed by atoms with Crippen LogP contribution in [0.2, 0.25) is 0 Å². The number of hydrogen-bond donors (Lipinski definition) is 0. The lowest BCUT2D eigenvalue weighted by Gasteiger charge is -2.39. The molecule has 26 heavy (non-hydrogen) atoms. The lowest BCUT2D eigenvalue weighted by atomic mass is 9.78. The standard InChI is InChI=1S/C20H27N3O3/c1-2-21-10-6-16(12-17(21)24)18(25)23-11-8-20(14-23)7-3-9-22(19(20)26)13-15-4-5-15/h6,10,12,15H,2-5,7-9,11,13-14H2,1H3. The maximum Gasteiger partial charge on any atom is 0.254 e. The third kappa shape index (κ3) is 3.06. The molecule has 1 atom stereocenters. The third-order valence-corrected chi connectivity index (χ3v) is 6.22. The van der Waals surface area contributed by atoms with Crippen molar-refractivity contribution in [1.29, 1.82) is 0 Å². The average molecular weight is 357 g/mol. The highest BCUT2D eigenvalue weighted by Crippen LogP contribution is 2.42. The maximum absolute atomic E-state index is 13.1. The Kier molecular flexibility index (Phi) is 4.37. The van der Waals surface area contributed by atoms with Crippen molar-refractivity contribution in [3.05, 3.63) is 34.2 Å². The highest BCUT2D eigenvalue weighted by atomic mass is 16.2. The predicted molar refractivity (Wildman–Crippen MR) is 97.9 cm³/mol. The number of hydrogen-bond acceptors (Lipinski definition) is 3. The second-order valence-corrected chi connectivity index (χ2v) is 8.09. The van der Waals surface area contributed by atoms with Crippen LogP contribution in [0.15, 0.2) is 23.1 Å². The van der Waals surface area contributed by atoms with Crippen LogP contribution in [0.4, 0.5) is 0 Å². The van der Waals surface area contributed by atoms with Crippen molar-refractivity contribution in [2.24, 2.45) is 11.3 Å². The van der Waals surface area contributed by atoms with E-state index >= 15 is 0 Å². The zero-order valence-electron chi connectivity index (χ0n) is 15.4. The van der Waals surface area contributed by atoms with E-state index in [4.69, 9.17) is 0 Å². The van der Waals surface area contributed by atoms with Crippen LogP contribution in [-0.2, 0) is 11.3 Å². The van der Waals surface area contributed by atoms with Gasteiger partial charge in [-0.25, -0.2) is 0 Å². The number of aromatic nitrogens is 1. The molecule has 1 saturated carbocycles. The van der Waals surface area contributed by atoms with Gasteiger partial charge in [-0.2, -0.15) is 0 Å². The molecule has 0 bridgehead atoms. The number of nitrogens with zero attached hydrogens (tertiary/aromatic N) is 3. The van der Waals surface area contributed by atoms with Gasteiger partial charge in [-0.1, -0.05) is 0 Å². The normalized spacial score (nSPS) is 26.0. The fraction of sp³-hybridized carbons (Fsp3) is 0.650. The van der Waals surface area contributed by atoms with E-state index in [1.165, 1.54) is 18.9 Å². The van der Waals surface area contributed by atoms with E-state index in [0.29, 0.717) is 31.1 Å². The Bertz CT molecular complexity index is 783. The molecule has 1 unspecified atom stereocenters. The Hall–Kier alpha value is -2.11. The molecule has 2 aliphatic heterocycles. The van der Waals surface area contributed by atoms with E-state index in [9.17, 15) is 14.4 Å². The molecule has 2 saturated heterocycles. The largest absolute Gasteiger partial charge is 0.342 e. The highest BCUT2D eigenvalue weighted by Gasteiger charge is 2.50. The van der Waals surface area contributed by atoms with Crippen molar-refractivity contribution in [2.75, 3.05) is 26.2 Å². The van der Waals surface area contributed by atoms with Crippen molar-refractivity contribution >= 4 is 11.8 Å². The molecule has 4 rings (SSSR count). The van der Waals surface area contributed by atoms with Crippen LogP contribution in [-0.4, -0.2) is 52.4 Å². The Balaban J connectivity index is 1.48. The first-order valence-electron chi connectivity index (χ1n) is 9.81. The van der Waals surface area contributed by atoms with Crippen molar-refractivity contribution in [3.8, 4) is 0 Å². The molecule has 0 aromatic carbocycles.